The molecule has 40 heavy (non-hydrogen) atoms. The lowest BCUT2D eigenvalue weighted by atomic mass is 9.99. The summed E-state index contributed by atoms with van der Waals surface area (Å²) >= 11 is 0. The maximum atomic E-state index is 13.9. The van der Waals surface area contributed by atoms with Crippen LogP contribution < -0.4 is 10.6 Å². The van der Waals surface area contributed by atoms with Crippen molar-refractivity contribution in [2.24, 2.45) is 0 Å². The molecule has 1 amide bonds. The molecule has 0 bridgehead atoms. The molecule has 3 aromatic rings. The average molecular weight is 552 g/mol. The monoisotopic (exact) mass is 551 g/mol. The SMILES string of the molecule is CCCN(CCC)C(=O)Cc1cccc(N[C@@H](Cc2cc(F)cc(F)c2)[C@H](O)CNCc2cccc(CC)c2)c1. The molecule has 0 saturated heterocycles. The number of nitrogens with zero attached hydrogens (tertiary/aromatic N) is 1. The van der Waals surface area contributed by atoms with Gasteiger partial charge in [-0.2, -0.15) is 0 Å². The van der Waals surface area contributed by atoms with Gasteiger partial charge in [0.05, 0.1) is 18.6 Å². The molecule has 0 aliphatic carbocycles. The Bertz CT molecular complexity index is 1190. The Kier molecular flexibility index (Phi) is 12.6. The number of carbonyl (C=O) groups is 1. The van der Waals surface area contributed by atoms with Crippen LogP contribution in [0.5, 0.6) is 0 Å². The van der Waals surface area contributed by atoms with Gasteiger partial charge in [-0.3, -0.25) is 4.79 Å². The van der Waals surface area contributed by atoms with E-state index in [4.69, 9.17) is 0 Å². The molecule has 0 spiro atoms. The fourth-order valence-electron chi connectivity index (χ4n) is 4.90. The molecule has 0 fully saturated rings. The fourth-order valence-corrected chi connectivity index (χ4v) is 4.90. The predicted molar refractivity (Wildman–Crippen MR) is 158 cm³/mol. The van der Waals surface area contributed by atoms with Gasteiger partial charge in [-0.1, -0.05) is 57.2 Å². The van der Waals surface area contributed by atoms with Crippen molar-refractivity contribution in [2.75, 3.05) is 25.0 Å². The van der Waals surface area contributed by atoms with Gasteiger partial charge in [-0.15, -0.1) is 0 Å². The van der Waals surface area contributed by atoms with Gasteiger partial charge in [0.25, 0.3) is 0 Å². The van der Waals surface area contributed by atoms with Crippen LogP contribution in [-0.2, 0) is 30.6 Å². The van der Waals surface area contributed by atoms with Crippen molar-refractivity contribution in [1.29, 1.82) is 0 Å². The third-order valence-electron chi connectivity index (χ3n) is 6.90. The molecular weight excluding hydrogens is 508 g/mol. The largest absolute Gasteiger partial charge is 0.390 e. The molecule has 7 heteroatoms. The highest BCUT2D eigenvalue weighted by Gasteiger charge is 2.21. The standard InChI is InChI=1S/C33H43F2N3O2/c1-4-13-38(14-5-2)33(40)20-25-10-8-12-30(18-25)37-31(19-27-16-28(34)21-29(35)17-27)32(39)23-36-22-26-11-7-9-24(6-3)15-26/h7-12,15-18,21,31-32,36-37,39H,4-6,13-14,19-20,22-23H2,1-3H3/t31-,32+/m0/s1. The van der Waals surface area contributed by atoms with E-state index in [-0.39, 0.29) is 25.3 Å². The van der Waals surface area contributed by atoms with Crippen LogP contribution in [-0.4, -0.2) is 47.7 Å². The second-order valence-electron chi connectivity index (χ2n) is 10.4. The van der Waals surface area contributed by atoms with Gasteiger partial charge in [0.15, 0.2) is 0 Å². The van der Waals surface area contributed by atoms with Crippen LogP contribution in [0.25, 0.3) is 0 Å². The summed E-state index contributed by atoms with van der Waals surface area (Å²) < 4.78 is 27.9. The molecule has 3 rings (SSSR count). The number of carbonyl (C=O) groups excluding carboxylic acids is 1. The Morgan fingerprint density at radius 1 is 0.850 bits per heavy atom. The van der Waals surface area contributed by atoms with Gasteiger partial charge < -0.3 is 20.6 Å². The van der Waals surface area contributed by atoms with Crippen molar-refractivity contribution in [1.82, 2.24) is 10.2 Å². The van der Waals surface area contributed by atoms with Crippen LogP contribution in [0.1, 0.15) is 55.9 Å². The number of anilines is 1. The Balaban J connectivity index is 1.73. The van der Waals surface area contributed by atoms with Crippen molar-refractivity contribution in [2.45, 2.75) is 71.6 Å². The number of benzene rings is 3. The average Bonchev–Trinajstić information content (AvgIpc) is 2.92. The van der Waals surface area contributed by atoms with E-state index < -0.39 is 23.8 Å². The highest BCUT2D eigenvalue weighted by molar-refractivity contribution is 5.79. The molecule has 5 nitrogen and oxygen atoms in total. The lowest BCUT2D eigenvalue weighted by Gasteiger charge is -2.26. The fraction of sp³-hybridized carbons (Fsp3) is 0.424. The topological polar surface area (TPSA) is 64.6 Å². The van der Waals surface area contributed by atoms with E-state index in [1.165, 1.54) is 17.7 Å². The van der Waals surface area contributed by atoms with Gasteiger partial charge >= 0.3 is 0 Å². The molecule has 2 atom stereocenters. The van der Waals surface area contributed by atoms with Gasteiger partial charge in [-0.25, -0.2) is 8.78 Å². The van der Waals surface area contributed by atoms with E-state index in [0.717, 1.165) is 55.2 Å². The number of hydrogen-bond donors (Lipinski definition) is 3. The minimum Gasteiger partial charge on any atom is -0.390 e. The minimum atomic E-state index is -0.851. The number of aryl methyl sites for hydroxylation is 1. The van der Waals surface area contributed by atoms with Crippen molar-refractivity contribution in [3.8, 4) is 0 Å². The summed E-state index contributed by atoms with van der Waals surface area (Å²) in [5.41, 5.74) is 4.43. The molecule has 0 aromatic heterocycles. The molecule has 0 aliphatic rings. The summed E-state index contributed by atoms with van der Waals surface area (Å²) in [6, 6.07) is 18.8. The summed E-state index contributed by atoms with van der Waals surface area (Å²) in [6.07, 6.45) is 2.42. The van der Waals surface area contributed by atoms with Crippen molar-refractivity contribution < 1.29 is 18.7 Å². The summed E-state index contributed by atoms with van der Waals surface area (Å²) in [5, 5.41) is 17.9. The van der Waals surface area contributed by atoms with Gasteiger partial charge in [0.1, 0.15) is 11.6 Å². The maximum absolute atomic E-state index is 13.9. The molecule has 0 unspecified atom stereocenters. The molecule has 0 radical (unpaired) electrons. The van der Waals surface area contributed by atoms with E-state index in [0.29, 0.717) is 12.1 Å². The smallest absolute Gasteiger partial charge is 0.226 e. The second kappa shape index (κ2) is 16.1. The Morgan fingerprint density at radius 3 is 2.17 bits per heavy atom. The summed E-state index contributed by atoms with van der Waals surface area (Å²) in [4.78, 5) is 14.8. The zero-order valence-corrected chi connectivity index (χ0v) is 23.9. The summed E-state index contributed by atoms with van der Waals surface area (Å²) in [6.45, 7) is 8.58. The zero-order chi connectivity index (χ0) is 28.9. The predicted octanol–water partition coefficient (Wildman–Crippen LogP) is 5.89. The van der Waals surface area contributed by atoms with Gasteiger partial charge in [0.2, 0.25) is 5.91 Å². The Hall–Kier alpha value is -3.29. The van der Waals surface area contributed by atoms with E-state index in [9.17, 15) is 18.7 Å². The van der Waals surface area contributed by atoms with Crippen molar-refractivity contribution in [3.63, 3.8) is 0 Å². The zero-order valence-electron chi connectivity index (χ0n) is 23.9. The first kappa shape index (κ1) is 31.2. The Morgan fingerprint density at radius 2 is 1.50 bits per heavy atom. The van der Waals surface area contributed by atoms with Gasteiger partial charge in [-0.05, 0) is 72.2 Å². The molecule has 0 aliphatic heterocycles. The van der Waals surface area contributed by atoms with Crippen LogP contribution in [0.15, 0.2) is 66.7 Å². The van der Waals surface area contributed by atoms with E-state index in [2.05, 4.69) is 43.5 Å². The number of aliphatic hydroxyl groups is 1. The molecule has 0 heterocycles. The number of aliphatic hydroxyl groups excluding tert-OH is 1. The third-order valence-corrected chi connectivity index (χ3v) is 6.90. The third kappa shape index (κ3) is 10.0. The lowest BCUT2D eigenvalue weighted by Crippen LogP contribution is -2.42. The van der Waals surface area contributed by atoms with E-state index in [1.807, 2.05) is 41.3 Å². The molecule has 0 saturated carbocycles. The quantitative estimate of drug-likeness (QED) is 0.208. The number of amides is 1. The number of nitrogens with one attached hydrogen (secondary N) is 2. The van der Waals surface area contributed by atoms with Crippen molar-refractivity contribution in [3.05, 3.63) is 101 Å². The number of rotatable bonds is 16. The van der Waals surface area contributed by atoms with E-state index in [1.54, 1.807) is 0 Å². The first-order valence-corrected chi connectivity index (χ1v) is 14.4. The van der Waals surface area contributed by atoms with Crippen LogP contribution in [0.3, 0.4) is 0 Å². The number of hydrogen-bond acceptors (Lipinski definition) is 4. The number of halogens is 2. The van der Waals surface area contributed by atoms with Crippen LogP contribution in [0.4, 0.5) is 14.5 Å². The first-order chi connectivity index (χ1) is 19.3. The Labute approximate surface area is 237 Å². The minimum absolute atomic E-state index is 0.0870. The molecule has 3 aromatic carbocycles. The lowest BCUT2D eigenvalue weighted by molar-refractivity contribution is -0.130. The second-order valence-corrected chi connectivity index (χ2v) is 10.4. The first-order valence-electron chi connectivity index (χ1n) is 14.4. The highest BCUT2D eigenvalue weighted by Crippen LogP contribution is 2.18. The molecule has 216 valence electrons. The normalized spacial score (nSPS) is 12.7. The summed E-state index contributed by atoms with van der Waals surface area (Å²) in [7, 11) is 0. The molecular formula is C33H43F2N3O2. The summed E-state index contributed by atoms with van der Waals surface area (Å²) in [5.74, 6) is -1.22. The maximum Gasteiger partial charge on any atom is 0.226 e. The van der Waals surface area contributed by atoms with Crippen LogP contribution >= 0.6 is 0 Å². The van der Waals surface area contributed by atoms with Crippen molar-refractivity contribution >= 4 is 11.6 Å². The van der Waals surface area contributed by atoms with E-state index >= 15 is 0 Å². The van der Waals surface area contributed by atoms with Crippen LogP contribution in [0, 0.1) is 11.6 Å². The van der Waals surface area contributed by atoms with Crippen LogP contribution in [0.2, 0.25) is 0 Å². The van der Waals surface area contributed by atoms with Gasteiger partial charge in [0, 0.05) is 37.9 Å². The molecule has 3 N–H and O–H groups in total. The highest BCUT2D eigenvalue weighted by atomic mass is 19.1.